The van der Waals surface area contributed by atoms with E-state index >= 15 is 0 Å². The molecule has 1 saturated heterocycles. The van der Waals surface area contributed by atoms with E-state index in [9.17, 15) is 4.79 Å². The first-order valence-corrected chi connectivity index (χ1v) is 5.71. The third-order valence-electron chi connectivity index (χ3n) is 2.35. The summed E-state index contributed by atoms with van der Waals surface area (Å²) in [6.45, 7) is 2.36. The molecule has 0 aromatic carbocycles. The number of hydrogen-bond donors (Lipinski definition) is 0. The van der Waals surface area contributed by atoms with Gasteiger partial charge in [-0.3, -0.25) is 4.79 Å². The summed E-state index contributed by atoms with van der Waals surface area (Å²) in [5.74, 6) is -0.226. The molecular weight excluding hydrogens is 188 g/mol. The molecule has 1 rings (SSSR count). The quantitative estimate of drug-likeness (QED) is 0.501. The first-order chi connectivity index (χ1) is 6.20. The molecule has 2 unspecified atom stereocenters. The molecule has 0 spiro atoms. The molecule has 0 amide bonds. The molecule has 5 heteroatoms. The van der Waals surface area contributed by atoms with E-state index in [0.717, 1.165) is 6.42 Å². The van der Waals surface area contributed by atoms with E-state index in [1.807, 2.05) is 6.92 Å². The molecule has 0 aromatic heterocycles. The van der Waals surface area contributed by atoms with Crippen LogP contribution in [-0.2, 0) is 18.4 Å². The number of rotatable bonds is 3. The third kappa shape index (κ3) is 2.29. The van der Waals surface area contributed by atoms with Crippen molar-refractivity contribution in [1.29, 1.82) is 0 Å². The van der Waals surface area contributed by atoms with Crippen molar-refractivity contribution < 1.29 is 18.4 Å². The second-order valence-electron chi connectivity index (χ2n) is 3.08. The third-order valence-corrected chi connectivity index (χ3v) is 4.55. The Kier molecular flexibility index (Phi) is 3.89. The van der Waals surface area contributed by atoms with Crippen LogP contribution >= 0.6 is 0 Å². The summed E-state index contributed by atoms with van der Waals surface area (Å²) in [5, 5.41) is 0. The van der Waals surface area contributed by atoms with Crippen LogP contribution in [0.2, 0.25) is 5.54 Å². The van der Waals surface area contributed by atoms with Gasteiger partial charge >= 0.3 is 15.3 Å². The topological polar surface area (TPSA) is 44.8 Å². The van der Waals surface area contributed by atoms with E-state index in [-0.39, 0.29) is 17.4 Å². The van der Waals surface area contributed by atoms with Crippen LogP contribution in [0, 0.1) is 5.92 Å². The van der Waals surface area contributed by atoms with Gasteiger partial charge in [-0.1, -0.05) is 6.92 Å². The molecule has 0 bridgehead atoms. The Balaban J connectivity index is 2.60. The smallest absolute Gasteiger partial charge is 0.388 e. The highest BCUT2D eigenvalue weighted by atomic mass is 28.3. The minimum Gasteiger partial charge on any atom is -0.465 e. The van der Waals surface area contributed by atoms with Crippen LogP contribution in [0.4, 0.5) is 0 Å². The summed E-state index contributed by atoms with van der Waals surface area (Å²) in [4.78, 5) is 11.2. The molecule has 1 radical (unpaired) electrons. The van der Waals surface area contributed by atoms with Gasteiger partial charge in [-0.05, 0) is 6.42 Å². The second-order valence-corrected chi connectivity index (χ2v) is 5.27. The van der Waals surface area contributed by atoms with Crippen molar-refractivity contribution >= 4 is 15.3 Å². The number of carbonyl (C=O) groups is 1. The minimum atomic E-state index is -1.31. The Morgan fingerprint density at radius 3 is 2.62 bits per heavy atom. The van der Waals surface area contributed by atoms with Gasteiger partial charge in [0.2, 0.25) is 0 Å². The molecule has 1 aliphatic heterocycles. The number of ether oxygens (including phenoxy) is 1. The fraction of sp³-hybridized carbons (Fsp3) is 0.875. The normalized spacial score (nSPS) is 29.1. The van der Waals surface area contributed by atoms with Gasteiger partial charge < -0.3 is 13.6 Å². The van der Waals surface area contributed by atoms with Gasteiger partial charge in [0.25, 0.3) is 0 Å². The molecule has 2 atom stereocenters. The lowest BCUT2D eigenvalue weighted by Crippen LogP contribution is -2.38. The fourth-order valence-electron chi connectivity index (χ4n) is 1.54. The Labute approximate surface area is 80.0 Å². The van der Waals surface area contributed by atoms with E-state index in [1.165, 1.54) is 0 Å². The lowest BCUT2D eigenvalue weighted by Gasteiger charge is -2.29. The zero-order chi connectivity index (χ0) is 9.84. The fourth-order valence-corrected chi connectivity index (χ4v) is 3.21. The molecule has 4 nitrogen and oxygen atoms in total. The Morgan fingerprint density at radius 1 is 1.46 bits per heavy atom. The molecule has 0 saturated carbocycles. The van der Waals surface area contributed by atoms with Crippen LogP contribution in [0.3, 0.4) is 0 Å². The molecular formula is C8H15O4Si. The number of cyclic esters (lactones) is 1. The highest BCUT2D eigenvalue weighted by Gasteiger charge is 2.38. The van der Waals surface area contributed by atoms with Crippen molar-refractivity contribution in [1.82, 2.24) is 0 Å². The van der Waals surface area contributed by atoms with Crippen LogP contribution in [0.5, 0.6) is 0 Å². The highest BCUT2D eigenvalue weighted by Crippen LogP contribution is 2.31. The van der Waals surface area contributed by atoms with Crippen LogP contribution < -0.4 is 0 Å². The van der Waals surface area contributed by atoms with E-state index in [1.54, 1.807) is 14.2 Å². The van der Waals surface area contributed by atoms with Gasteiger partial charge in [-0.15, -0.1) is 0 Å². The van der Waals surface area contributed by atoms with Crippen molar-refractivity contribution in [3.63, 3.8) is 0 Å². The van der Waals surface area contributed by atoms with Gasteiger partial charge in [-0.25, -0.2) is 0 Å². The van der Waals surface area contributed by atoms with Gasteiger partial charge in [0.1, 0.15) is 0 Å². The van der Waals surface area contributed by atoms with Gasteiger partial charge in [-0.2, -0.15) is 0 Å². The summed E-state index contributed by atoms with van der Waals surface area (Å²) in [5.41, 5.74) is 0.209. The summed E-state index contributed by atoms with van der Waals surface area (Å²) >= 11 is 0. The maximum atomic E-state index is 11.2. The van der Waals surface area contributed by atoms with Crippen LogP contribution in [-0.4, -0.2) is 36.1 Å². The van der Waals surface area contributed by atoms with Crippen molar-refractivity contribution in [2.75, 3.05) is 20.8 Å². The lowest BCUT2D eigenvalue weighted by atomic mass is 10.0. The largest absolute Gasteiger partial charge is 0.465 e. The van der Waals surface area contributed by atoms with Gasteiger partial charge in [0.05, 0.1) is 12.5 Å². The molecule has 0 N–H and O–H groups in total. The van der Waals surface area contributed by atoms with Crippen molar-refractivity contribution in [3.8, 4) is 0 Å². The molecule has 13 heavy (non-hydrogen) atoms. The van der Waals surface area contributed by atoms with E-state index in [2.05, 4.69) is 0 Å². The first kappa shape index (κ1) is 10.7. The van der Waals surface area contributed by atoms with Crippen LogP contribution in [0.1, 0.15) is 13.3 Å². The molecule has 75 valence electrons. The van der Waals surface area contributed by atoms with Gasteiger partial charge in [0.15, 0.2) is 0 Å². The summed E-state index contributed by atoms with van der Waals surface area (Å²) in [7, 11) is 1.95. The molecule has 1 heterocycles. The maximum Gasteiger partial charge on any atom is 0.388 e. The number of hydrogen-bond acceptors (Lipinski definition) is 4. The molecule has 0 aliphatic carbocycles. The van der Waals surface area contributed by atoms with E-state index in [4.69, 9.17) is 13.6 Å². The molecule has 1 fully saturated rings. The minimum absolute atomic E-state index is 0.0949. The standard InChI is InChI=1S/C8H15O4Si/c1-6-7(13(10-2)11-3)4-5-12-8(6)9/h6-7H,4-5H2,1-3H3. The summed E-state index contributed by atoms with van der Waals surface area (Å²) in [6.07, 6.45) is 0.850. The average molecular weight is 203 g/mol. The SMILES string of the molecule is CO[Si](OC)C1CCOC(=O)C1C. The van der Waals surface area contributed by atoms with Crippen molar-refractivity contribution in [2.24, 2.45) is 5.92 Å². The predicted octanol–water partition coefficient (Wildman–Crippen LogP) is 0.721. The second kappa shape index (κ2) is 4.73. The monoisotopic (exact) mass is 203 g/mol. The Morgan fingerprint density at radius 2 is 2.08 bits per heavy atom. The first-order valence-electron chi connectivity index (χ1n) is 4.32. The summed E-state index contributed by atoms with van der Waals surface area (Å²) in [6, 6.07) is 0. The van der Waals surface area contributed by atoms with Crippen molar-refractivity contribution in [2.45, 2.75) is 18.9 Å². The molecule has 1 aliphatic rings. The van der Waals surface area contributed by atoms with E-state index in [0.29, 0.717) is 6.61 Å². The Hall–Kier alpha value is -0.393. The van der Waals surface area contributed by atoms with Crippen LogP contribution in [0.15, 0.2) is 0 Å². The summed E-state index contributed by atoms with van der Waals surface area (Å²) < 4.78 is 15.4. The predicted molar refractivity (Wildman–Crippen MR) is 48.3 cm³/mol. The number of esters is 1. The highest BCUT2D eigenvalue weighted by molar-refractivity contribution is 6.46. The number of carbonyl (C=O) groups excluding carboxylic acids is 1. The van der Waals surface area contributed by atoms with E-state index < -0.39 is 9.28 Å². The average Bonchev–Trinajstić information content (AvgIpc) is 2.14. The van der Waals surface area contributed by atoms with Gasteiger partial charge in [0, 0.05) is 19.8 Å². The molecule has 0 aromatic rings. The van der Waals surface area contributed by atoms with Crippen LogP contribution in [0.25, 0.3) is 0 Å². The van der Waals surface area contributed by atoms with Crippen molar-refractivity contribution in [3.05, 3.63) is 0 Å². The lowest BCUT2D eigenvalue weighted by molar-refractivity contribution is -0.152. The zero-order valence-electron chi connectivity index (χ0n) is 8.20. The maximum absolute atomic E-state index is 11.2. The zero-order valence-corrected chi connectivity index (χ0v) is 9.20. The Bertz CT molecular complexity index is 181.